The molecule has 0 N–H and O–H groups in total. The van der Waals surface area contributed by atoms with Crippen LogP contribution in [0.5, 0.6) is 0 Å². The van der Waals surface area contributed by atoms with Gasteiger partial charge in [-0.25, -0.2) is 9.48 Å². The van der Waals surface area contributed by atoms with Gasteiger partial charge in [0, 0.05) is 6.07 Å². The van der Waals surface area contributed by atoms with Gasteiger partial charge < -0.3 is 9.26 Å². The Morgan fingerprint density at radius 3 is 3.06 bits per heavy atom. The molecule has 7 heteroatoms. The quantitative estimate of drug-likeness (QED) is 0.730. The predicted molar refractivity (Wildman–Crippen MR) is 56.3 cm³/mol. The molecule has 0 aliphatic rings. The van der Waals surface area contributed by atoms with E-state index in [0.717, 1.165) is 0 Å². The van der Waals surface area contributed by atoms with Crippen molar-refractivity contribution in [3.05, 3.63) is 29.4 Å². The summed E-state index contributed by atoms with van der Waals surface area (Å²) >= 11 is 0. The van der Waals surface area contributed by atoms with Crippen LogP contribution in [-0.2, 0) is 11.3 Å². The minimum atomic E-state index is -0.464. The number of ether oxygens (including phenoxy) is 1. The second-order valence-corrected chi connectivity index (χ2v) is 3.38. The zero-order chi connectivity index (χ0) is 12.3. The molecule has 0 amide bonds. The first-order valence-electron chi connectivity index (χ1n) is 5.19. The van der Waals surface area contributed by atoms with Crippen LogP contribution in [0.2, 0.25) is 0 Å². The molecule has 0 radical (unpaired) electrons. The van der Waals surface area contributed by atoms with Gasteiger partial charge in [-0.2, -0.15) is 0 Å². The highest BCUT2D eigenvalue weighted by Gasteiger charge is 2.17. The minimum Gasteiger partial charge on any atom is -0.461 e. The number of hydrogen-bond donors (Lipinski definition) is 0. The number of rotatable bonds is 4. The lowest BCUT2D eigenvalue weighted by Crippen LogP contribution is -2.08. The Bertz CT molecular complexity index is 504. The molecule has 2 aromatic heterocycles. The highest BCUT2D eigenvalue weighted by molar-refractivity contribution is 5.88. The second-order valence-electron chi connectivity index (χ2n) is 3.38. The molecule has 0 aliphatic heterocycles. The first kappa shape index (κ1) is 11.3. The van der Waals surface area contributed by atoms with Crippen LogP contribution in [0.3, 0.4) is 0 Å². The lowest BCUT2D eigenvalue weighted by molar-refractivity contribution is 0.0518. The van der Waals surface area contributed by atoms with Gasteiger partial charge in [-0.1, -0.05) is 10.4 Å². The van der Waals surface area contributed by atoms with Crippen LogP contribution < -0.4 is 0 Å². The summed E-state index contributed by atoms with van der Waals surface area (Å²) in [7, 11) is 0. The molecule has 0 saturated carbocycles. The van der Waals surface area contributed by atoms with Crippen molar-refractivity contribution < 1.29 is 14.1 Å². The van der Waals surface area contributed by atoms with Crippen molar-refractivity contribution in [3.8, 4) is 0 Å². The van der Waals surface area contributed by atoms with Crippen molar-refractivity contribution in [2.24, 2.45) is 0 Å². The van der Waals surface area contributed by atoms with E-state index in [1.165, 1.54) is 0 Å². The topological polar surface area (TPSA) is 83.0 Å². The lowest BCUT2D eigenvalue weighted by Gasteiger charge is -2.00. The Balaban J connectivity index is 2.18. The monoisotopic (exact) mass is 236 g/mol. The Kier molecular flexibility index (Phi) is 3.17. The number of hydrogen-bond acceptors (Lipinski definition) is 6. The Hall–Kier alpha value is -2.18. The second kappa shape index (κ2) is 4.77. The molecule has 0 aliphatic carbocycles. The number of carbonyl (C=O) groups is 1. The van der Waals surface area contributed by atoms with Gasteiger partial charge in [0.1, 0.15) is 6.54 Å². The van der Waals surface area contributed by atoms with Crippen LogP contribution >= 0.6 is 0 Å². The Morgan fingerprint density at radius 1 is 1.59 bits per heavy atom. The molecular weight excluding hydrogens is 224 g/mol. The number of aromatic nitrogens is 4. The van der Waals surface area contributed by atoms with E-state index >= 15 is 0 Å². The fourth-order valence-corrected chi connectivity index (χ4v) is 1.37. The average molecular weight is 236 g/mol. The van der Waals surface area contributed by atoms with Crippen molar-refractivity contribution in [3.63, 3.8) is 0 Å². The first-order chi connectivity index (χ1) is 8.22. The molecule has 0 saturated heterocycles. The van der Waals surface area contributed by atoms with Crippen molar-refractivity contribution in [1.29, 1.82) is 0 Å². The molecule has 0 atom stereocenters. The van der Waals surface area contributed by atoms with Crippen molar-refractivity contribution in [2.75, 3.05) is 6.61 Å². The highest BCUT2D eigenvalue weighted by atomic mass is 16.5. The van der Waals surface area contributed by atoms with Gasteiger partial charge in [-0.3, -0.25) is 0 Å². The Morgan fingerprint density at radius 2 is 2.41 bits per heavy atom. The van der Waals surface area contributed by atoms with Gasteiger partial charge in [0.25, 0.3) is 0 Å². The molecule has 2 heterocycles. The first-order valence-corrected chi connectivity index (χ1v) is 5.19. The number of carbonyl (C=O) groups excluding carboxylic acids is 1. The largest absolute Gasteiger partial charge is 0.461 e. The maximum absolute atomic E-state index is 11.5. The van der Waals surface area contributed by atoms with E-state index in [0.29, 0.717) is 24.6 Å². The number of esters is 1. The summed E-state index contributed by atoms with van der Waals surface area (Å²) in [5, 5.41) is 11.3. The summed E-state index contributed by atoms with van der Waals surface area (Å²) < 4.78 is 11.4. The predicted octanol–water partition coefficient (Wildman–Crippen LogP) is 0.800. The van der Waals surface area contributed by atoms with E-state index < -0.39 is 5.97 Å². The third kappa shape index (κ3) is 2.32. The smallest absolute Gasteiger partial charge is 0.360 e. The van der Waals surface area contributed by atoms with E-state index in [1.807, 2.05) is 0 Å². The molecule has 0 aromatic carbocycles. The van der Waals surface area contributed by atoms with Crippen LogP contribution in [0.4, 0.5) is 0 Å². The summed E-state index contributed by atoms with van der Waals surface area (Å²) in [6.45, 7) is 4.19. The van der Waals surface area contributed by atoms with Crippen molar-refractivity contribution in [2.45, 2.75) is 20.4 Å². The van der Waals surface area contributed by atoms with Crippen LogP contribution in [0.1, 0.15) is 28.9 Å². The molecule has 0 spiro atoms. The van der Waals surface area contributed by atoms with Gasteiger partial charge in [0.05, 0.1) is 18.5 Å². The van der Waals surface area contributed by atoms with E-state index in [9.17, 15) is 4.79 Å². The summed E-state index contributed by atoms with van der Waals surface area (Å²) in [4.78, 5) is 11.5. The number of nitrogens with zero attached hydrogens (tertiary/aromatic N) is 4. The molecule has 2 rings (SSSR count). The molecular formula is C10H12N4O3. The van der Waals surface area contributed by atoms with Crippen LogP contribution in [0.15, 0.2) is 16.8 Å². The van der Waals surface area contributed by atoms with E-state index in [4.69, 9.17) is 9.26 Å². The van der Waals surface area contributed by atoms with E-state index in [1.54, 1.807) is 30.8 Å². The van der Waals surface area contributed by atoms with Gasteiger partial charge in [-0.15, -0.1) is 5.10 Å². The molecule has 0 bridgehead atoms. The zero-order valence-electron chi connectivity index (χ0n) is 9.58. The van der Waals surface area contributed by atoms with Crippen LogP contribution in [-0.4, -0.2) is 32.7 Å². The molecule has 7 nitrogen and oxygen atoms in total. The van der Waals surface area contributed by atoms with Gasteiger partial charge in [0.15, 0.2) is 11.5 Å². The lowest BCUT2D eigenvalue weighted by atomic mass is 10.3. The summed E-state index contributed by atoms with van der Waals surface area (Å²) in [6, 6.07) is 1.73. The third-order valence-electron chi connectivity index (χ3n) is 2.25. The molecule has 90 valence electrons. The third-order valence-corrected chi connectivity index (χ3v) is 2.25. The normalized spacial score (nSPS) is 10.5. The Labute approximate surface area is 97.3 Å². The summed E-state index contributed by atoms with van der Waals surface area (Å²) in [5.74, 6) is 0.183. The standard InChI is InChI=1S/C10H12N4O3/c1-3-16-10(15)9-7(2)14(13-12-9)6-8-4-5-11-17-8/h4-5H,3,6H2,1-2H3. The maximum atomic E-state index is 11.5. The minimum absolute atomic E-state index is 0.228. The maximum Gasteiger partial charge on any atom is 0.360 e. The molecule has 2 aromatic rings. The van der Waals surface area contributed by atoms with E-state index in [2.05, 4.69) is 15.5 Å². The fraction of sp³-hybridized carbons (Fsp3) is 0.400. The molecule has 0 fully saturated rings. The van der Waals surface area contributed by atoms with Crippen LogP contribution in [0.25, 0.3) is 0 Å². The zero-order valence-corrected chi connectivity index (χ0v) is 9.58. The SMILES string of the molecule is CCOC(=O)c1nnn(Cc2ccno2)c1C. The van der Waals surface area contributed by atoms with E-state index in [-0.39, 0.29) is 5.69 Å². The summed E-state index contributed by atoms with van der Waals surface area (Å²) in [5.41, 5.74) is 0.867. The summed E-state index contributed by atoms with van der Waals surface area (Å²) in [6.07, 6.45) is 1.55. The molecule has 0 unspecified atom stereocenters. The van der Waals surface area contributed by atoms with Gasteiger partial charge >= 0.3 is 5.97 Å². The molecule has 17 heavy (non-hydrogen) atoms. The van der Waals surface area contributed by atoms with Crippen molar-refractivity contribution in [1.82, 2.24) is 20.2 Å². The van der Waals surface area contributed by atoms with Crippen LogP contribution in [0, 0.1) is 6.92 Å². The van der Waals surface area contributed by atoms with Gasteiger partial charge in [0.2, 0.25) is 0 Å². The van der Waals surface area contributed by atoms with Crippen molar-refractivity contribution >= 4 is 5.97 Å². The highest BCUT2D eigenvalue weighted by Crippen LogP contribution is 2.08. The van der Waals surface area contributed by atoms with Gasteiger partial charge in [-0.05, 0) is 13.8 Å². The fourth-order valence-electron chi connectivity index (χ4n) is 1.37. The average Bonchev–Trinajstić information content (AvgIpc) is 2.91.